The molecule has 0 spiro atoms. The summed E-state index contributed by atoms with van der Waals surface area (Å²) in [5.41, 5.74) is 1.26. The van der Waals surface area contributed by atoms with Crippen molar-refractivity contribution in [2.75, 3.05) is 11.9 Å². The summed E-state index contributed by atoms with van der Waals surface area (Å²) in [6, 6.07) is 14.1. The van der Waals surface area contributed by atoms with E-state index in [0.717, 1.165) is 5.56 Å². The topological polar surface area (TPSA) is 45.0 Å². The number of hydrogen-bond acceptors (Lipinski definition) is 3. The summed E-state index contributed by atoms with van der Waals surface area (Å²) in [6.45, 7) is 0.390. The molecule has 0 aliphatic carbocycles. The van der Waals surface area contributed by atoms with Crippen molar-refractivity contribution < 1.29 is 9.13 Å². The number of anilines is 1. The minimum absolute atomic E-state index is 0.0135. The maximum atomic E-state index is 13.7. The monoisotopic (exact) mass is 334 g/mol. The van der Waals surface area contributed by atoms with Crippen LogP contribution in [0.2, 0.25) is 0 Å². The van der Waals surface area contributed by atoms with E-state index in [-0.39, 0.29) is 12.4 Å². The second-order valence-corrected chi connectivity index (χ2v) is 4.86. The Balaban J connectivity index is 2.13. The number of nitrogens with zero attached hydrogens (tertiary/aromatic N) is 1. The summed E-state index contributed by atoms with van der Waals surface area (Å²) in [6.07, 6.45) is 0. The highest BCUT2D eigenvalue weighted by atomic mass is 79.9. The van der Waals surface area contributed by atoms with Crippen molar-refractivity contribution >= 4 is 21.6 Å². The van der Waals surface area contributed by atoms with Gasteiger partial charge in [-0.3, -0.25) is 0 Å². The molecule has 0 bridgehead atoms. The third-order valence-corrected chi connectivity index (χ3v) is 3.34. The fraction of sp³-hybridized carbons (Fsp3) is 0.133. The molecule has 102 valence electrons. The van der Waals surface area contributed by atoms with Gasteiger partial charge in [0.1, 0.15) is 17.6 Å². The lowest BCUT2D eigenvalue weighted by molar-refractivity contribution is 0.364. The molecule has 0 aromatic heterocycles. The maximum Gasteiger partial charge on any atom is 0.174 e. The van der Waals surface area contributed by atoms with Crippen molar-refractivity contribution in [3.63, 3.8) is 0 Å². The molecule has 0 saturated carbocycles. The Morgan fingerprint density at radius 2 is 2.00 bits per heavy atom. The summed E-state index contributed by atoms with van der Waals surface area (Å²) in [7, 11) is 0. The lowest BCUT2D eigenvalue weighted by atomic mass is 10.2. The average molecular weight is 335 g/mol. The summed E-state index contributed by atoms with van der Waals surface area (Å²) in [5.74, 6) is 0.295. The number of benzene rings is 2. The third-order valence-electron chi connectivity index (χ3n) is 2.68. The lowest BCUT2D eigenvalue weighted by Crippen LogP contribution is -2.05. The van der Waals surface area contributed by atoms with E-state index in [0.29, 0.717) is 22.5 Å². The Bertz CT molecular complexity index is 620. The molecule has 2 aromatic rings. The Morgan fingerprint density at radius 1 is 1.20 bits per heavy atom. The largest absolute Gasteiger partial charge is 0.478 e. The van der Waals surface area contributed by atoms with E-state index >= 15 is 0 Å². The van der Waals surface area contributed by atoms with E-state index in [1.165, 1.54) is 6.07 Å². The Hall–Kier alpha value is -2.06. The van der Waals surface area contributed by atoms with Crippen LogP contribution in [0.1, 0.15) is 5.56 Å². The van der Waals surface area contributed by atoms with Gasteiger partial charge in [0.25, 0.3) is 0 Å². The van der Waals surface area contributed by atoms with Gasteiger partial charge in [0, 0.05) is 16.6 Å². The zero-order valence-corrected chi connectivity index (χ0v) is 12.2. The van der Waals surface area contributed by atoms with Crippen LogP contribution in [0.25, 0.3) is 0 Å². The van der Waals surface area contributed by atoms with E-state index in [9.17, 15) is 4.39 Å². The Kier molecular flexibility index (Phi) is 4.97. The predicted octanol–water partition coefficient (Wildman–Crippen LogP) is 4.10. The summed E-state index contributed by atoms with van der Waals surface area (Å²) >= 11 is 3.30. The summed E-state index contributed by atoms with van der Waals surface area (Å²) < 4.78 is 19.7. The van der Waals surface area contributed by atoms with Crippen molar-refractivity contribution in [1.82, 2.24) is 0 Å². The van der Waals surface area contributed by atoms with Crippen LogP contribution in [0.4, 0.5) is 10.1 Å². The Labute approximate surface area is 125 Å². The molecule has 0 heterocycles. The van der Waals surface area contributed by atoms with E-state index in [1.54, 1.807) is 18.2 Å². The van der Waals surface area contributed by atoms with Gasteiger partial charge in [0.05, 0.1) is 5.69 Å². The second-order valence-electron chi connectivity index (χ2n) is 4.00. The van der Waals surface area contributed by atoms with Crippen LogP contribution in [0, 0.1) is 17.1 Å². The van der Waals surface area contributed by atoms with Gasteiger partial charge in [0.2, 0.25) is 0 Å². The van der Waals surface area contributed by atoms with Gasteiger partial charge in [-0.05, 0) is 34.1 Å². The molecule has 0 saturated heterocycles. The van der Waals surface area contributed by atoms with E-state index in [2.05, 4.69) is 21.2 Å². The predicted molar refractivity (Wildman–Crippen MR) is 79.0 cm³/mol. The molecule has 0 atom stereocenters. The minimum atomic E-state index is -0.324. The number of nitriles is 1. The fourth-order valence-electron chi connectivity index (χ4n) is 1.75. The highest BCUT2D eigenvalue weighted by molar-refractivity contribution is 9.10. The third kappa shape index (κ3) is 3.49. The van der Waals surface area contributed by atoms with Crippen LogP contribution in [-0.2, 0) is 6.54 Å². The fourth-order valence-corrected chi connectivity index (χ4v) is 2.23. The van der Waals surface area contributed by atoms with Gasteiger partial charge in [-0.1, -0.05) is 24.3 Å². The molecule has 3 nitrogen and oxygen atoms in total. The van der Waals surface area contributed by atoms with Crippen LogP contribution in [-0.4, -0.2) is 6.61 Å². The standard InChI is InChI=1S/C15H12BrFN2O/c16-12-5-3-6-13(17)15(12)19-10-11-4-1-2-7-14(11)20-9-8-18/h1-7,19H,9-10H2. The number of hydrogen-bond donors (Lipinski definition) is 1. The zero-order valence-electron chi connectivity index (χ0n) is 10.6. The number of para-hydroxylation sites is 2. The highest BCUT2D eigenvalue weighted by Crippen LogP contribution is 2.27. The first-order chi connectivity index (χ1) is 9.72. The smallest absolute Gasteiger partial charge is 0.174 e. The molecule has 0 radical (unpaired) electrons. The van der Waals surface area contributed by atoms with Gasteiger partial charge >= 0.3 is 0 Å². The molecule has 0 unspecified atom stereocenters. The molecule has 0 fully saturated rings. The molecular weight excluding hydrogens is 323 g/mol. The molecule has 2 aromatic carbocycles. The zero-order chi connectivity index (χ0) is 14.4. The number of rotatable bonds is 5. The van der Waals surface area contributed by atoms with E-state index in [1.807, 2.05) is 24.3 Å². The molecule has 1 N–H and O–H groups in total. The maximum absolute atomic E-state index is 13.7. The molecule has 0 amide bonds. The average Bonchev–Trinajstić information content (AvgIpc) is 2.45. The number of nitrogens with one attached hydrogen (secondary N) is 1. The van der Waals surface area contributed by atoms with Crippen LogP contribution in [0.5, 0.6) is 5.75 Å². The lowest BCUT2D eigenvalue weighted by Gasteiger charge is -2.12. The van der Waals surface area contributed by atoms with Gasteiger partial charge in [-0.25, -0.2) is 4.39 Å². The van der Waals surface area contributed by atoms with Crippen molar-refractivity contribution in [1.29, 1.82) is 5.26 Å². The molecule has 0 aliphatic heterocycles. The molecule has 20 heavy (non-hydrogen) atoms. The van der Waals surface area contributed by atoms with Gasteiger partial charge in [-0.15, -0.1) is 0 Å². The first kappa shape index (κ1) is 14.4. The van der Waals surface area contributed by atoms with Gasteiger partial charge < -0.3 is 10.1 Å². The molecule has 2 rings (SSSR count). The summed E-state index contributed by atoms with van der Waals surface area (Å²) in [5, 5.41) is 11.6. The van der Waals surface area contributed by atoms with E-state index in [4.69, 9.17) is 10.00 Å². The first-order valence-electron chi connectivity index (χ1n) is 5.98. The van der Waals surface area contributed by atoms with Crippen molar-refractivity contribution in [3.05, 3.63) is 58.3 Å². The second kappa shape index (κ2) is 6.92. The van der Waals surface area contributed by atoms with Crippen LogP contribution in [0.3, 0.4) is 0 Å². The first-order valence-corrected chi connectivity index (χ1v) is 6.77. The van der Waals surface area contributed by atoms with Crippen molar-refractivity contribution in [3.8, 4) is 11.8 Å². The minimum Gasteiger partial charge on any atom is -0.478 e. The SMILES string of the molecule is N#CCOc1ccccc1CNc1c(F)cccc1Br. The molecular formula is C15H12BrFN2O. The number of halogens is 2. The molecule has 5 heteroatoms. The van der Waals surface area contributed by atoms with Crippen LogP contribution >= 0.6 is 15.9 Å². The van der Waals surface area contributed by atoms with Gasteiger partial charge in [0.15, 0.2) is 6.61 Å². The van der Waals surface area contributed by atoms with Crippen molar-refractivity contribution in [2.24, 2.45) is 0 Å². The van der Waals surface area contributed by atoms with Gasteiger partial charge in [-0.2, -0.15) is 5.26 Å². The number of ether oxygens (including phenoxy) is 1. The summed E-state index contributed by atoms with van der Waals surface area (Å²) in [4.78, 5) is 0. The quantitative estimate of drug-likeness (QED) is 0.895. The van der Waals surface area contributed by atoms with Crippen LogP contribution in [0.15, 0.2) is 46.9 Å². The Morgan fingerprint density at radius 3 is 2.75 bits per heavy atom. The van der Waals surface area contributed by atoms with E-state index < -0.39 is 0 Å². The normalized spacial score (nSPS) is 9.85. The highest BCUT2D eigenvalue weighted by Gasteiger charge is 2.08. The van der Waals surface area contributed by atoms with Crippen LogP contribution < -0.4 is 10.1 Å². The molecule has 0 aliphatic rings. The van der Waals surface area contributed by atoms with Crippen molar-refractivity contribution in [2.45, 2.75) is 6.54 Å².